The summed E-state index contributed by atoms with van der Waals surface area (Å²) in [4.78, 5) is 20.9. The van der Waals surface area contributed by atoms with Gasteiger partial charge in [-0.15, -0.1) is 5.10 Å². The zero-order valence-corrected chi connectivity index (χ0v) is 11.4. The van der Waals surface area contributed by atoms with Gasteiger partial charge in [0.15, 0.2) is 12.1 Å². The van der Waals surface area contributed by atoms with Gasteiger partial charge in [0.1, 0.15) is 18.0 Å². The number of phosphoric acid groups is 1. The van der Waals surface area contributed by atoms with Crippen molar-refractivity contribution in [1.29, 1.82) is 5.41 Å². The van der Waals surface area contributed by atoms with E-state index in [4.69, 9.17) is 25.7 Å². The van der Waals surface area contributed by atoms with Gasteiger partial charge in [0.2, 0.25) is 5.82 Å². The normalized spacial score (nSPS) is 29.7. The van der Waals surface area contributed by atoms with E-state index in [0.717, 1.165) is 11.0 Å². The summed E-state index contributed by atoms with van der Waals surface area (Å²) >= 11 is 0. The van der Waals surface area contributed by atoms with Gasteiger partial charge in [-0.2, -0.15) is 0 Å². The highest BCUT2D eigenvalue weighted by molar-refractivity contribution is 7.46. The van der Waals surface area contributed by atoms with Crippen LogP contribution in [0.1, 0.15) is 12.1 Å². The minimum atomic E-state index is -4.79. The number of nitrogens with two attached hydrogens (primary N) is 1. The van der Waals surface area contributed by atoms with Crippen LogP contribution in [-0.2, 0) is 13.8 Å². The minimum Gasteiger partial charge on any atom is -0.385 e. The molecule has 13 heteroatoms. The first-order valence-corrected chi connectivity index (χ1v) is 7.13. The summed E-state index contributed by atoms with van der Waals surface area (Å²) < 4.78 is 21.0. The number of nitrogen functional groups attached to an aromatic ring is 1. The fourth-order valence-corrected chi connectivity index (χ4v) is 2.13. The van der Waals surface area contributed by atoms with Crippen LogP contribution in [0.15, 0.2) is 6.33 Å². The van der Waals surface area contributed by atoms with Crippen molar-refractivity contribution in [3.8, 4) is 0 Å². The van der Waals surface area contributed by atoms with Crippen molar-refractivity contribution in [2.24, 2.45) is 5.73 Å². The van der Waals surface area contributed by atoms with Crippen LogP contribution in [0.4, 0.5) is 0 Å². The molecule has 118 valence electrons. The maximum Gasteiger partial charge on any atom is 0.469 e. The lowest BCUT2D eigenvalue weighted by atomic mass is 10.0. The number of nitrogens with one attached hydrogen (secondary N) is 1. The van der Waals surface area contributed by atoms with Gasteiger partial charge in [-0.1, -0.05) is 0 Å². The van der Waals surface area contributed by atoms with E-state index in [2.05, 4.69) is 14.6 Å². The van der Waals surface area contributed by atoms with E-state index in [0.29, 0.717) is 0 Å². The average Bonchev–Trinajstić information content (AvgIpc) is 2.94. The number of aromatic nitrogens is 3. The van der Waals surface area contributed by atoms with Crippen LogP contribution in [0.3, 0.4) is 0 Å². The molecule has 0 amide bonds. The second-order valence-corrected chi connectivity index (χ2v) is 5.72. The Morgan fingerprint density at radius 1 is 1.71 bits per heavy atom. The van der Waals surface area contributed by atoms with Crippen molar-refractivity contribution in [3.05, 3.63) is 12.2 Å². The molecule has 0 spiro atoms. The SMILES string of the molecule is N=C(N)c1ncn(C2OC[C@@](O)(COP(=O)(O)O)C2O)n1. The van der Waals surface area contributed by atoms with Crippen LogP contribution in [0.2, 0.25) is 0 Å². The van der Waals surface area contributed by atoms with Crippen LogP contribution in [-0.4, -0.2) is 65.5 Å². The Morgan fingerprint density at radius 3 is 2.90 bits per heavy atom. The highest BCUT2D eigenvalue weighted by Gasteiger charge is 2.50. The molecule has 0 saturated carbocycles. The quantitative estimate of drug-likeness (QED) is 0.188. The second kappa shape index (κ2) is 5.42. The van der Waals surface area contributed by atoms with Gasteiger partial charge in [-0.05, 0) is 0 Å². The molecule has 2 heterocycles. The maximum atomic E-state index is 10.6. The van der Waals surface area contributed by atoms with Crippen molar-refractivity contribution in [2.75, 3.05) is 13.2 Å². The highest BCUT2D eigenvalue weighted by Crippen LogP contribution is 2.40. The molecule has 12 nitrogen and oxygen atoms in total. The Balaban J connectivity index is 2.11. The van der Waals surface area contributed by atoms with Crippen LogP contribution in [0.25, 0.3) is 0 Å². The summed E-state index contributed by atoms with van der Waals surface area (Å²) in [7, 11) is -4.79. The third-order valence-corrected chi connectivity index (χ3v) is 3.28. The third-order valence-electron chi connectivity index (χ3n) is 2.82. The molecule has 0 radical (unpaired) electrons. The topological polar surface area (TPSA) is 197 Å². The molecule has 3 atom stereocenters. The average molecular weight is 323 g/mol. The van der Waals surface area contributed by atoms with E-state index in [-0.39, 0.29) is 11.7 Å². The molecule has 2 unspecified atom stereocenters. The first-order chi connectivity index (χ1) is 9.62. The van der Waals surface area contributed by atoms with Crippen LogP contribution >= 0.6 is 7.82 Å². The van der Waals surface area contributed by atoms with Gasteiger partial charge in [0, 0.05) is 0 Å². The van der Waals surface area contributed by atoms with E-state index in [9.17, 15) is 14.8 Å². The van der Waals surface area contributed by atoms with Crippen molar-refractivity contribution in [1.82, 2.24) is 14.8 Å². The summed E-state index contributed by atoms with van der Waals surface area (Å²) in [5.74, 6) is -0.478. The Hall–Kier alpha value is -1.40. The minimum absolute atomic E-state index is 0.0901. The lowest BCUT2D eigenvalue weighted by Gasteiger charge is -2.25. The molecule has 21 heavy (non-hydrogen) atoms. The molecule has 1 fully saturated rings. The number of phosphoric ester groups is 1. The second-order valence-electron chi connectivity index (χ2n) is 4.48. The number of hydrogen-bond acceptors (Lipinski definition) is 8. The Labute approximate surface area is 117 Å². The summed E-state index contributed by atoms with van der Waals surface area (Å²) in [6.07, 6.45) is -1.60. The predicted molar refractivity (Wildman–Crippen MR) is 65.0 cm³/mol. The Kier molecular flexibility index (Phi) is 4.13. The molecule has 0 aromatic carbocycles. The van der Waals surface area contributed by atoms with Crippen LogP contribution < -0.4 is 5.73 Å². The van der Waals surface area contributed by atoms with E-state index < -0.39 is 39.0 Å². The third kappa shape index (κ3) is 3.44. The summed E-state index contributed by atoms with van der Waals surface area (Å²) in [5.41, 5.74) is 3.18. The molecule has 0 aliphatic carbocycles. The number of ether oxygens (including phenoxy) is 1. The fourth-order valence-electron chi connectivity index (χ4n) is 1.74. The smallest absolute Gasteiger partial charge is 0.385 e. The monoisotopic (exact) mass is 323 g/mol. The highest BCUT2D eigenvalue weighted by atomic mass is 31.2. The van der Waals surface area contributed by atoms with Crippen molar-refractivity contribution >= 4 is 13.7 Å². The van der Waals surface area contributed by atoms with Gasteiger partial charge in [0.25, 0.3) is 0 Å². The van der Waals surface area contributed by atoms with E-state index in [1.54, 1.807) is 0 Å². The zero-order chi connectivity index (χ0) is 15.8. The largest absolute Gasteiger partial charge is 0.469 e. The summed E-state index contributed by atoms with van der Waals surface area (Å²) in [6, 6.07) is 0. The van der Waals surface area contributed by atoms with Gasteiger partial charge in [0.05, 0.1) is 13.2 Å². The number of nitrogens with zero attached hydrogens (tertiary/aromatic N) is 3. The first kappa shape index (κ1) is 16.0. The predicted octanol–water partition coefficient (Wildman–Crippen LogP) is -2.71. The number of hydrogen-bond donors (Lipinski definition) is 6. The Bertz CT molecular complexity index is 587. The number of aliphatic hydroxyl groups excluding tert-OH is 1. The van der Waals surface area contributed by atoms with Gasteiger partial charge >= 0.3 is 7.82 Å². The molecule has 0 bridgehead atoms. The molecular formula is C8H14N5O7P. The number of aliphatic hydroxyl groups is 2. The summed E-state index contributed by atoms with van der Waals surface area (Å²) in [5, 5.41) is 31.1. The molecule has 1 aromatic heterocycles. The first-order valence-electron chi connectivity index (χ1n) is 5.60. The molecule has 2 rings (SSSR count). The fraction of sp³-hybridized carbons (Fsp3) is 0.625. The van der Waals surface area contributed by atoms with Gasteiger partial charge in [-0.3, -0.25) is 9.93 Å². The standard InChI is InChI=1S/C8H14N5O7P/c9-5(10)6-11-3-13(12-6)7-4(14)8(15,1-19-7)2-20-21(16,17)18/h3-4,7,14-15H,1-2H2,(H3,9,10)(H2,16,17,18)/t4?,7?,8-/m1/s1. The number of amidine groups is 1. The molecule has 7 N–H and O–H groups in total. The van der Waals surface area contributed by atoms with E-state index in [1.807, 2.05) is 0 Å². The zero-order valence-electron chi connectivity index (χ0n) is 10.5. The molecule has 1 aliphatic heterocycles. The Morgan fingerprint density at radius 2 is 2.38 bits per heavy atom. The molecular weight excluding hydrogens is 309 g/mol. The molecule has 1 saturated heterocycles. The number of rotatable bonds is 5. The van der Waals surface area contributed by atoms with E-state index in [1.165, 1.54) is 0 Å². The lowest BCUT2D eigenvalue weighted by molar-refractivity contribution is -0.0874. The van der Waals surface area contributed by atoms with Crippen molar-refractivity contribution in [3.63, 3.8) is 0 Å². The van der Waals surface area contributed by atoms with Gasteiger partial charge < -0.3 is 30.5 Å². The van der Waals surface area contributed by atoms with E-state index >= 15 is 0 Å². The molecule has 1 aromatic rings. The van der Waals surface area contributed by atoms with Crippen LogP contribution in [0, 0.1) is 5.41 Å². The summed E-state index contributed by atoms with van der Waals surface area (Å²) in [6.45, 7) is -1.27. The van der Waals surface area contributed by atoms with Crippen molar-refractivity contribution in [2.45, 2.75) is 17.9 Å². The van der Waals surface area contributed by atoms with Crippen molar-refractivity contribution < 1.29 is 33.8 Å². The molecule has 1 aliphatic rings. The van der Waals surface area contributed by atoms with Gasteiger partial charge in [-0.25, -0.2) is 14.2 Å². The van der Waals surface area contributed by atoms with Crippen LogP contribution in [0.5, 0.6) is 0 Å². The maximum absolute atomic E-state index is 10.6. The lowest BCUT2D eigenvalue weighted by Crippen LogP contribution is -2.46.